The molecule has 0 bridgehead atoms. The first-order chi connectivity index (χ1) is 10.8. The highest BCUT2D eigenvalue weighted by Gasteiger charge is 2.44. The second-order valence-corrected chi connectivity index (χ2v) is 6.61. The largest absolute Gasteiger partial charge is 0.416 e. The van der Waals surface area contributed by atoms with Crippen molar-refractivity contribution in [3.8, 4) is 0 Å². The number of nitrogens with one attached hydrogen (secondary N) is 1. The third-order valence-electron chi connectivity index (χ3n) is 5.13. The van der Waals surface area contributed by atoms with E-state index in [1.165, 1.54) is 6.07 Å². The molecule has 3 rings (SSSR count). The van der Waals surface area contributed by atoms with Crippen LogP contribution in [0.4, 0.5) is 13.2 Å². The summed E-state index contributed by atoms with van der Waals surface area (Å²) in [4.78, 5) is 12.4. The van der Waals surface area contributed by atoms with E-state index in [9.17, 15) is 23.1 Å². The Morgan fingerprint density at radius 2 is 1.96 bits per heavy atom. The summed E-state index contributed by atoms with van der Waals surface area (Å²) < 4.78 is 38.8. The third-order valence-corrected chi connectivity index (χ3v) is 5.13. The van der Waals surface area contributed by atoms with Gasteiger partial charge in [-0.25, -0.2) is 0 Å². The number of alkyl halides is 3. The van der Waals surface area contributed by atoms with E-state index in [1.807, 2.05) is 0 Å². The van der Waals surface area contributed by atoms with Crippen LogP contribution in [0.25, 0.3) is 0 Å². The summed E-state index contributed by atoms with van der Waals surface area (Å²) in [6.07, 6.45) is -0.883. The fraction of sp³-hybridized carbons (Fsp3) is 0.588. The lowest BCUT2D eigenvalue weighted by atomic mass is 9.71. The molecule has 0 radical (unpaired) electrons. The maximum atomic E-state index is 12.9. The molecule has 2 aliphatic carbocycles. The average molecular weight is 327 g/mol. The number of benzene rings is 1. The minimum Gasteiger partial charge on any atom is -0.392 e. The fourth-order valence-electron chi connectivity index (χ4n) is 3.58. The first-order valence-electron chi connectivity index (χ1n) is 8.00. The van der Waals surface area contributed by atoms with Crippen LogP contribution in [0.2, 0.25) is 0 Å². The van der Waals surface area contributed by atoms with Crippen molar-refractivity contribution in [1.29, 1.82) is 0 Å². The molecule has 2 fully saturated rings. The number of carbonyl (C=O) groups is 1. The van der Waals surface area contributed by atoms with Crippen molar-refractivity contribution in [2.45, 2.75) is 56.3 Å². The lowest BCUT2D eigenvalue weighted by molar-refractivity contribution is -0.137. The number of amides is 1. The van der Waals surface area contributed by atoms with Crippen molar-refractivity contribution in [3.05, 3.63) is 35.4 Å². The summed E-state index contributed by atoms with van der Waals surface area (Å²) in [5.74, 6) is -0.689. The van der Waals surface area contributed by atoms with Crippen molar-refractivity contribution in [3.63, 3.8) is 0 Å². The molecule has 1 amide bonds. The van der Waals surface area contributed by atoms with E-state index < -0.39 is 29.3 Å². The molecule has 0 heterocycles. The molecule has 1 aromatic rings. The predicted molar refractivity (Wildman–Crippen MR) is 78.5 cm³/mol. The van der Waals surface area contributed by atoms with Gasteiger partial charge in [-0.3, -0.25) is 4.79 Å². The van der Waals surface area contributed by atoms with Gasteiger partial charge in [-0.15, -0.1) is 0 Å². The van der Waals surface area contributed by atoms with Gasteiger partial charge in [0.1, 0.15) is 0 Å². The number of hydrogen-bond acceptors (Lipinski definition) is 2. The fourth-order valence-corrected chi connectivity index (χ4v) is 3.58. The van der Waals surface area contributed by atoms with E-state index in [1.54, 1.807) is 6.07 Å². The summed E-state index contributed by atoms with van der Waals surface area (Å²) in [5, 5.41) is 12.8. The van der Waals surface area contributed by atoms with Gasteiger partial charge in [0.05, 0.1) is 23.1 Å². The molecule has 0 aliphatic heterocycles. The summed E-state index contributed by atoms with van der Waals surface area (Å²) in [7, 11) is 0. The zero-order valence-corrected chi connectivity index (χ0v) is 12.7. The Balaban J connectivity index is 1.82. The maximum absolute atomic E-state index is 12.9. The van der Waals surface area contributed by atoms with E-state index in [0.717, 1.165) is 25.0 Å². The van der Waals surface area contributed by atoms with Crippen LogP contribution in [0.3, 0.4) is 0 Å². The summed E-state index contributed by atoms with van der Waals surface area (Å²) in [6.45, 7) is 0. The van der Waals surface area contributed by atoms with Crippen molar-refractivity contribution in [1.82, 2.24) is 5.32 Å². The van der Waals surface area contributed by atoms with Crippen LogP contribution >= 0.6 is 0 Å². The first kappa shape index (κ1) is 16.3. The molecule has 3 nitrogen and oxygen atoms in total. The Bertz CT molecular complexity index is 596. The SMILES string of the molecule is O=C(NC1(c2cccc(C(F)(F)F)c2)CCC1)C1CCCC1O. The minimum absolute atomic E-state index is 0.243. The zero-order chi connectivity index (χ0) is 16.7. The molecular weight excluding hydrogens is 307 g/mol. The van der Waals surface area contributed by atoms with Gasteiger partial charge < -0.3 is 10.4 Å². The molecule has 2 N–H and O–H groups in total. The van der Waals surface area contributed by atoms with E-state index in [4.69, 9.17) is 0 Å². The molecule has 23 heavy (non-hydrogen) atoms. The number of aliphatic hydroxyl groups excluding tert-OH is 1. The van der Waals surface area contributed by atoms with E-state index in [0.29, 0.717) is 31.2 Å². The first-order valence-corrected chi connectivity index (χ1v) is 8.00. The summed E-state index contributed by atoms with van der Waals surface area (Å²) in [5.41, 5.74) is -0.920. The third kappa shape index (κ3) is 3.09. The minimum atomic E-state index is -4.40. The summed E-state index contributed by atoms with van der Waals surface area (Å²) in [6, 6.07) is 5.19. The average Bonchev–Trinajstić information content (AvgIpc) is 2.88. The zero-order valence-electron chi connectivity index (χ0n) is 12.7. The Morgan fingerprint density at radius 3 is 2.48 bits per heavy atom. The smallest absolute Gasteiger partial charge is 0.392 e. The normalized spacial score (nSPS) is 26.6. The Labute approximate surface area is 132 Å². The van der Waals surface area contributed by atoms with Crippen molar-refractivity contribution >= 4 is 5.91 Å². The molecule has 2 unspecified atom stereocenters. The molecule has 1 aromatic carbocycles. The topological polar surface area (TPSA) is 49.3 Å². The molecule has 2 saturated carbocycles. The monoisotopic (exact) mass is 327 g/mol. The lowest BCUT2D eigenvalue weighted by Crippen LogP contribution is -2.53. The Morgan fingerprint density at radius 1 is 1.22 bits per heavy atom. The highest BCUT2D eigenvalue weighted by Crippen LogP contribution is 2.43. The van der Waals surface area contributed by atoms with Gasteiger partial charge in [0.15, 0.2) is 0 Å². The number of rotatable bonds is 3. The molecule has 6 heteroatoms. The Hall–Kier alpha value is -1.56. The Kier molecular flexibility index (Phi) is 4.12. The quantitative estimate of drug-likeness (QED) is 0.894. The standard InChI is InChI=1S/C17H20F3NO2/c18-17(19,20)12-5-1-4-11(10-12)16(8-3-9-16)21-15(23)13-6-2-7-14(13)22/h1,4-5,10,13-14,22H,2-3,6-9H2,(H,21,23). The van der Waals surface area contributed by atoms with Gasteiger partial charge in [-0.05, 0) is 56.2 Å². The van der Waals surface area contributed by atoms with E-state index >= 15 is 0 Å². The number of hydrogen-bond donors (Lipinski definition) is 2. The molecule has 0 aromatic heterocycles. The van der Waals surface area contributed by atoms with E-state index in [2.05, 4.69) is 5.32 Å². The van der Waals surface area contributed by atoms with Gasteiger partial charge in [0.25, 0.3) is 0 Å². The van der Waals surface area contributed by atoms with Gasteiger partial charge in [0, 0.05) is 0 Å². The van der Waals surface area contributed by atoms with Crippen LogP contribution in [0, 0.1) is 5.92 Å². The second kappa shape index (κ2) is 5.82. The molecule has 2 atom stereocenters. The van der Waals surface area contributed by atoms with Crippen LogP contribution in [0.1, 0.15) is 49.7 Å². The van der Waals surface area contributed by atoms with Crippen LogP contribution in [0.15, 0.2) is 24.3 Å². The number of halogens is 3. The molecule has 0 saturated heterocycles. The number of aliphatic hydroxyl groups is 1. The van der Waals surface area contributed by atoms with Crippen LogP contribution < -0.4 is 5.32 Å². The van der Waals surface area contributed by atoms with Crippen LogP contribution in [0.5, 0.6) is 0 Å². The van der Waals surface area contributed by atoms with Crippen LogP contribution in [-0.2, 0) is 16.5 Å². The lowest BCUT2D eigenvalue weighted by Gasteiger charge is -2.44. The van der Waals surface area contributed by atoms with Gasteiger partial charge in [-0.2, -0.15) is 13.2 Å². The van der Waals surface area contributed by atoms with Crippen LogP contribution in [-0.4, -0.2) is 17.1 Å². The maximum Gasteiger partial charge on any atom is 0.416 e. The van der Waals surface area contributed by atoms with Crippen molar-refractivity contribution < 1.29 is 23.1 Å². The molecule has 0 spiro atoms. The number of carbonyl (C=O) groups excluding carboxylic acids is 1. The molecule has 2 aliphatic rings. The van der Waals surface area contributed by atoms with E-state index in [-0.39, 0.29) is 5.91 Å². The van der Waals surface area contributed by atoms with Gasteiger partial charge in [-0.1, -0.05) is 12.1 Å². The van der Waals surface area contributed by atoms with Crippen molar-refractivity contribution in [2.75, 3.05) is 0 Å². The second-order valence-electron chi connectivity index (χ2n) is 6.61. The van der Waals surface area contributed by atoms with Crippen molar-refractivity contribution in [2.24, 2.45) is 5.92 Å². The summed E-state index contributed by atoms with van der Waals surface area (Å²) >= 11 is 0. The predicted octanol–water partition coefficient (Wildman–Crippen LogP) is 3.36. The highest BCUT2D eigenvalue weighted by atomic mass is 19.4. The van der Waals surface area contributed by atoms with Gasteiger partial charge >= 0.3 is 6.18 Å². The van der Waals surface area contributed by atoms with Gasteiger partial charge in [0.2, 0.25) is 5.91 Å². The highest BCUT2D eigenvalue weighted by molar-refractivity contribution is 5.80. The molecule has 126 valence electrons. The molecular formula is C17H20F3NO2.